The van der Waals surface area contributed by atoms with E-state index in [9.17, 15) is 9.59 Å². The normalized spacial score (nSPS) is 14.8. The van der Waals surface area contributed by atoms with Crippen LogP contribution in [0.25, 0.3) is 0 Å². The first-order valence-electron chi connectivity index (χ1n) is 14.1. The van der Waals surface area contributed by atoms with Crippen molar-refractivity contribution < 1.29 is 9.59 Å². The van der Waals surface area contributed by atoms with E-state index in [1.54, 1.807) is 0 Å². The first kappa shape index (κ1) is 35.2. The first-order valence-corrected chi connectivity index (χ1v) is 16.4. The van der Waals surface area contributed by atoms with E-state index < -0.39 is 0 Å². The van der Waals surface area contributed by atoms with E-state index in [0.29, 0.717) is 0 Å². The van der Waals surface area contributed by atoms with Crippen LogP contribution in [0.15, 0.2) is 24.3 Å². The SMILES string of the molecule is CC(C)(C)NC(CCSCc1ccc(CSCCC(NC(C)(C)C)C(=O)C(C)(C)C)cc1)C(=O)C(C)(C)C. The molecule has 1 aromatic carbocycles. The molecule has 1 aromatic rings. The maximum Gasteiger partial charge on any atom is 0.155 e. The van der Waals surface area contributed by atoms with E-state index in [2.05, 4.69) is 76.4 Å². The Morgan fingerprint density at radius 3 is 1.13 bits per heavy atom. The van der Waals surface area contributed by atoms with E-state index in [0.717, 1.165) is 35.9 Å². The lowest BCUT2D eigenvalue weighted by Gasteiger charge is -2.31. The first-order chi connectivity index (χ1) is 17.2. The molecule has 0 radical (unpaired) electrons. The van der Waals surface area contributed by atoms with Crippen molar-refractivity contribution >= 4 is 35.1 Å². The quantitative estimate of drug-likeness (QED) is 0.226. The van der Waals surface area contributed by atoms with Gasteiger partial charge in [-0.1, -0.05) is 65.8 Å². The molecule has 0 saturated carbocycles. The predicted molar refractivity (Wildman–Crippen MR) is 170 cm³/mol. The fraction of sp³-hybridized carbons (Fsp3) is 0.750. The molecule has 1 rings (SSSR count). The molecule has 0 heterocycles. The zero-order valence-corrected chi connectivity index (χ0v) is 28.0. The van der Waals surface area contributed by atoms with Crippen LogP contribution in [0.5, 0.6) is 0 Å². The third kappa shape index (κ3) is 14.5. The molecule has 0 spiro atoms. The zero-order chi connectivity index (χ0) is 29.4. The fourth-order valence-electron chi connectivity index (χ4n) is 4.14. The lowest BCUT2D eigenvalue weighted by Crippen LogP contribution is -2.51. The summed E-state index contributed by atoms with van der Waals surface area (Å²) in [5.41, 5.74) is 1.78. The van der Waals surface area contributed by atoms with Crippen molar-refractivity contribution in [3.05, 3.63) is 35.4 Å². The summed E-state index contributed by atoms with van der Waals surface area (Å²) in [6.45, 7) is 24.8. The Morgan fingerprint density at radius 2 is 0.895 bits per heavy atom. The molecule has 2 atom stereocenters. The summed E-state index contributed by atoms with van der Waals surface area (Å²) in [7, 11) is 0. The minimum atomic E-state index is -0.340. The molecule has 0 saturated heterocycles. The summed E-state index contributed by atoms with van der Waals surface area (Å²) >= 11 is 3.78. The number of hydrogen-bond acceptors (Lipinski definition) is 6. The van der Waals surface area contributed by atoms with Crippen molar-refractivity contribution in [1.82, 2.24) is 10.6 Å². The van der Waals surface area contributed by atoms with Gasteiger partial charge in [-0.3, -0.25) is 9.59 Å². The van der Waals surface area contributed by atoms with Gasteiger partial charge in [-0.2, -0.15) is 23.5 Å². The van der Waals surface area contributed by atoms with E-state index in [1.165, 1.54) is 11.1 Å². The maximum atomic E-state index is 12.9. The Morgan fingerprint density at radius 1 is 0.605 bits per heavy atom. The number of Topliss-reactive ketones (excluding diaryl/α,β-unsaturated/α-hetero) is 2. The standard InChI is InChI=1S/C32H56N2O2S2/c1-29(2,3)27(35)25(33-31(7,8)9)17-19-37-21-23-13-15-24(16-14-23)22-38-20-18-26(34-32(10,11)12)28(36)30(4,5)6/h13-16,25-26,33-34H,17-22H2,1-12H3. The van der Waals surface area contributed by atoms with Crippen LogP contribution in [0, 0.1) is 10.8 Å². The van der Waals surface area contributed by atoms with Crippen LogP contribution in [-0.4, -0.2) is 46.2 Å². The van der Waals surface area contributed by atoms with Gasteiger partial charge in [0.2, 0.25) is 0 Å². The number of hydrogen-bond donors (Lipinski definition) is 2. The monoisotopic (exact) mass is 564 g/mol. The van der Waals surface area contributed by atoms with Gasteiger partial charge in [-0.25, -0.2) is 0 Å². The van der Waals surface area contributed by atoms with Crippen LogP contribution in [0.4, 0.5) is 0 Å². The molecule has 38 heavy (non-hydrogen) atoms. The number of carbonyl (C=O) groups is 2. The number of thioether (sulfide) groups is 2. The Kier molecular flexibility index (Phi) is 13.6. The molecule has 6 heteroatoms. The van der Waals surface area contributed by atoms with E-state index in [1.807, 2.05) is 65.1 Å². The van der Waals surface area contributed by atoms with Crippen molar-refractivity contribution in [2.45, 2.75) is 131 Å². The van der Waals surface area contributed by atoms with E-state index in [4.69, 9.17) is 0 Å². The number of carbonyl (C=O) groups excluding carboxylic acids is 2. The van der Waals surface area contributed by atoms with Gasteiger partial charge in [0, 0.05) is 33.4 Å². The van der Waals surface area contributed by atoms with E-state index >= 15 is 0 Å². The van der Waals surface area contributed by atoms with Gasteiger partial charge in [-0.05, 0) is 77.0 Å². The Labute approximate surface area is 243 Å². The number of benzene rings is 1. The molecule has 218 valence electrons. The molecule has 2 unspecified atom stereocenters. The maximum absolute atomic E-state index is 12.9. The predicted octanol–water partition coefficient (Wildman–Crippen LogP) is 7.68. The Balaban J connectivity index is 2.52. The fourth-order valence-corrected chi connectivity index (χ4v) is 6.09. The van der Waals surface area contributed by atoms with Crippen LogP contribution in [0.2, 0.25) is 0 Å². The van der Waals surface area contributed by atoms with Crippen molar-refractivity contribution in [2.24, 2.45) is 10.8 Å². The zero-order valence-electron chi connectivity index (χ0n) is 26.3. The molecule has 0 aliphatic heterocycles. The largest absolute Gasteiger partial charge is 0.303 e. The number of ketones is 2. The summed E-state index contributed by atoms with van der Waals surface area (Å²) in [5.74, 6) is 4.38. The molecule has 4 nitrogen and oxygen atoms in total. The smallest absolute Gasteiger partial charge is 0.155 e. The van der Waals surface area contributed by atoms with Gasteiger partial charge in [0.05, 0.1) is 12.1 Å². The summed E-state index contributed by atoms with van der Waals surface area (Å²) in [6.07, 6.45) is 1.69. The molecule has 2 N–H and O–H groups in total. The van der Waals surface area contributed by atoms with Crippen molar-refractivity contribution in [1.29, 1.82) is 0 Å². The van der Waals surface area contributed by atoms with Crippen LogP contribution < -0.4 is 10.6 Å². The van der Waals surface area contributed by atoms with Gasteiger partial charge in [0.1, 0.15) is 0 Å². The highest BCUT2D eigenvalue weighted by molar-refractivity contribution is 7.98. The van der Waals surface area contributed by atoms with Crippen LogP contribution >= 0.6 is 23.5 Å². The van der Waals surface area contributed by atoms with Crippen molar-refractivity contribution in [2.75, 3.05) is 11.5 Å². The molecule has 0 amide bonds. The van der Waals surface area contributed by atoms with Crippen LogP contribution in [0.3, 0.4) is 0 Å². The van der Waals surface area contributed by atoms with E-state index in [-0.39, 0.29) is 45.6 Å². The molecular weight excluding hydrogens is 508 g/mol. The highest BCUT2D eigenvalue weighted by atomic mass is 32.2. The lowest BCUT2D eigenvalue weighted by atomic mass is 9.84. The Bertz CT molecular complexity index is 796. The van der Waals surface area contributed by atoms with Crippen molar-refractivity contribution in [3.8, 4) is 0 Å². The van der Waals surface area contributed by atoms with Crippen LogP contribution in [0.1, 0.15) is 107 Å². The average molecular weight is 565 g/mol. The average Bonchev–Trinajstić information content (AvgIpc) is 2.75. The third-order valence-corrected chi connectivity index (χ3v) is 8.11. The van der Waals surface area contributed by atoms with Gasteiger partial charge < -0.3 is 10.6 Å². The molecule has 0 aromatic heterocycles. The van der Waals surface area contributed by atoms with Gasteiger partial charge in [0.15, 0.2) is 11.6 Å². The summed E-state index contributed by atoms with van der Waals surface area (Å²) in [6, 6.07) is 8.67. The minimum Gasteiger partial charge on any atom is -0.303 e. The Hall–Kier alpha value is -0.820. The van der Waals surface area contributed by atoms with Crippen molar-refractivity contribution in [3.63, 3.8) is 0 Å². The van der Waals surface area contributed by atoms with Gasteiger partial charge in [-0.15, -0.1) is 0 Å². The summed E-state index contributed by atoms with van der Waals surface area (Å²) in [4.78, 5) is 25.9. The summed E-state index contributed by atoms with van der Waals surface area (Å²) < 4.78 is 0. The molecule has 0 aliphatic carbocycles. The van der Waals surface area contributed by atoms with Crippen LogP contribution in [-0.2, 0) is 21.1 Å². The second-order valence-electron chi connectivity index (χ2n) is 14.6. The highest BCUT2D eigenvalue weighted by Crippen LogP contribution is 2.24. The third-order valence-electron chi connectivity index (χ3n) is 5.99. The molecule has 0 bridgehead atoms. The second-order valence-corrected chi connectivity index (χ2v) is 16.8. The second kappa shape index (κ2) is 14.7. The topological polar surface area (TPSA) is 58.2 Å². The van der Waals surface area contributed by atoms with Gasteiger partial charge in [0.25, 0.3) is 0 Å². The number of rotatable bonds is 14. The van der Waals surface area contributed by atoms with Gasteiger partial charge >= 0.3 is 0 Å². The molecule has 0 fully saturated rings. The summed E-state index contributed by atoms with van der Waals surface area (Å²) in [5, 5.41) is 7.07. The number of nitrogens with one attached hydrogen (secondary N) is 2. The highest BCUT2D eigenvalue weighted by Gasteiger charge is 2.32. The molecule has 0 aliphatic rings. The lowest BCUT2D eigenvalue weighted by molar-refractivity contribution is -0.129. The minimum absolute atomic E-state index is 0.0871. The molecular formula is C32H56N2O2S2.